The molecule has 0 radical (unpaired) electrons. The van der Waals surface area contributed by atoms with E-state index in [2.05, 4.69) is 13.5 Å². The summed E-state index contributed by atoms with van der Waals surface area (Å²) >= 11 is 0. The smallest absolute Gasteiger partial charge is 0.410 e. The molecule has 1 fully saturated rings. The van der Waals surface area contributed by atoms with E-state index in [-0.39, 0.29) is 18.0 Å². The SMILES string of the molecule is C=CCC1(C(=O)OCC)CCN(C(=O)OC(C)(C)C)CC1.CCCCCCCC(CC)C(=O)O. The number of aliphatic carboxylic acids is 1. The van der Waals surface area contributed by atoms with Crippen molar-refractivity contribution in [3.63, 3.8) is 0 Å². The van der Waals surface area contributed by atoms with Crippen LogP contribution in [0.4, 0.5) is 4.79 Å². The predicted octanol–water partition coefficient (Wildman–Crippen LogP) is 6.60. The molecule has 0 saturated carbocycles. The minimum Gasteiger partial charge on any atom is -0.481 e. The Kier molecular flexibility index (Phi) is 15.6. The largest absolute Gasteiger partial charge is 0.481 e. The fourth-order valence-electron chi connectivity index (χ4n) is 3.99. The third-order valence-electron chi connectivity index (χ3n) is 6.11. The van der Waals surface area contributed by atoms with Crippen molar-refractivity contribution in [2.24, 2.45) is 11.3 Å². The molecular weight excluding hydrogens is 434 g/mol. The summed E-state index contributed by atoms with van der Waals surface area (Å²) < 4.78 is 10.6. The molecule has 1 rings (SSSR count). The van der Waals surface area contributed by atoms with Crippen molar-refractivity contribution in [3.05, 3.63) is 12.7 Å². The van der Waals surface area contributed by atoms with Gasteiger partial charge in [0, 0.05) is 13.1 Å². The molecule has 1 aliphatic rings. The quantitative estimate of drug-likeness (QED) is 0.191. The molecule has 1 heterocycles. The molecule has 0 aromatic heterocycles. The van der Waals surface area contributed by atoms with Crippen LogP contribution in [0.2, 0.25) is 0 Å². The van der Waals surface area contributed by atoms with Crippen LogP contribution >= 0.6 is 0 Å². The van der Waals surface area contributed by atoms with Crippen molar-refractivity contribution >= 4 is 18.0 Å². The van der Waals surface area contributed by atoms with Crippen LogP contribution in [0, 0.1) is 11.3 Å². The maximum atomic E-state index is 12.2. The van der Waals surface area contributed by atoms with E-state index in [9.17, 15) is 14.4 Å². The van der Waals surface area contributed by atoms with Gasteiger partial charge in [-0.1, -0.05) is 52.0 Å². The van der Waals surface area contributed by atoms with Gasteiger partial charge in [-0.3, -0.25) is 9.59 Å². The average molecular weight is 484 g/mol. The van der Waals surface area contributed by atoms with Crippen molar-refractivity contribution in [3.8, 4) is 0 Å². The summed E-state index contributed by atoms with van der Waals surface area (Å²) in [6.45, 7) is 16.6. The topological polar surface area (TPSA) is 93.1 Å². The van der Waals surface area contributed by atoms with E-state index in [1.54, 1.807) is 17.9 Å². The molecule has 1 saturated heterocycles. The highest BCUT2D eigenvalue weighted by molar-refractivity contribution is 5.78. The predicted molar refractivity (Wildman–Crippen MR) is 136 cm³/mol. The summed E-state index contributed by atoms with van der Waals surface area (Å²) in [6.07, 6.45) is 10.8. The Labute approximate surface area is 207 Å². The van der Waals surface area contributed by atoms with E-state index in [4.69, 9.17) is 14.6 Å². The number of carbonyl (C=O) groups is 3. The minimum atomic E-state index is -0.627. The summed E-state index contributed by atoms with van der Waals surface area (Å²) in [5, 5.41) is 8.78. The Bertz CT molecular complexity index is 617. The van der Waals surface area contributed by atoms with Crippen molar-refractivity contribution in [1.82, 2.24) is 4.90 Å². The molecule has 7 heteroatoms. The molecule has 1 amide bonds. The van der Waals surface area contributed by atoms with Crippen LogP contribution in [0.5, 0.6) is 0 Å². The highest BCUT2D eigenvalue weighted by Gasteiger charge is 2.43. The molecule has 0 aliphatic carbocycles. The number of amides is 1. The molecule has 0 spiro atoms. The fraction of sp³-hybridized carbons (Fsp3) is 0.815. The number of carboxylic acids is 1. The molecule has 1 atom stereocenters. The van der Waals surface area contributed by atoms with E-state index < -0.39 is 17.0 Å². The Morgan fingerprint density at radius 1 is 1.06 bits per heavy atom. The maximum Gasteiger partial charge on any atom is 0.410 e. The standard InChI is InChI=1S/C16H27NO4.C11H22O2/c1-6-8-16(13(18)20-7-2)9-11-17(12-10-16)14(19)21-15(3,4)5;1-3-5-6-7-8-9-10(4-2)11(12)13/h6H,1,7-12H2,2-5H3;10H,3-9H2,1-2H3,(H,12,13). The molecule has 1 N–H and O–H groups in total. The summed E-state index contributed by atoms with van der Waals surface area (Å²) in [5.41, 5.74) is -1.05. The molecule has 7 nitrogen and oxygen atoms in total. The summed E-state index contributed by atoms with van der Waals surface area (Å²) in [5.74, 6) is -0.923. The highest BCUT2D eigenvalue weighted by Crippen LogP contribution is 2.37. The van der Waals surface area contributed by atoms with Gasteiger partial charge in [-0.25, -0.2) is 4.79 Å². The number of carbonyl (C=O) groups excluding carboxylic acids is 2. The zero-order valence-electron chi connectivity index (χ0n) is 22.5. The number of allylic oxidation sites excluding steroid dienone is 1. The van der Waals surface area contributed by atoms with Crippen LogP contribution in [0.25, 0.3) is 0 Å². The van der Waals surface area contributed by atoms with Gasteiger partial charge >= 0.3 is 18.0 Å². The Hall–Kier alpha value is -2.05. The van der Waals surface area contributed by atoms with E-state index in [0.29, 0.717) is 39.0 Å². The zero-order chi connectivity index (χ0) is 26.2. The number of hydrogen-bond donors (Lipinski definition) is 1. The number of piperidine rings is 1. The van der Waals surface area contributed by atoms with Crippen LogP contribution in [0.15, 0.2) is 12.7 Å². The van der Waals surface area contributed by atoms with Gasteiger partial charge in [-0.05, 0) is 59.8 Å². The van der Waals surface area contributed by atoms with Gasteiger partial charge in [0.2, 0.25) is 0 Å². The van der Waals surface area contributed by atoms with Gasteiger partial charge in [-0.2, -0.15) is 0 Å². The molecular formula is C27H49NO6. The average Bonchev–Trinajstić information content (AvgIpc) is 2.76. The molecule has 198 valence electrons. The zero-order valence-corrected chi connectivity index (χ0v) is 22.5. The highest BCUT2D eigenvalue weighted by atomic mass is 16.6. The second-order valence-corrected chi connectivity index (χ2v) is 10.1. The lowest BCUT2D eigenvalue weighted by Crippen LogP contribution is -2.48. The number of unbranched alkanes of at least 4 members (excludes halogenated alkanes) is 4. The lowest BCUT2D eigenvalue weighted by molar-refractivity contribution is -0.158. The van der Waals surface area contributed by atoms with Crippen LogP contribution < -0.4 is 0 Å². The van der Waals surface area contributed by atoms with Gasteiger partial charge in [0.15, 0.2) is 0 Å². The normalized spacial score (nSPS) is 16.0. The first-order chi connectivity index (χ1) is 16.0. The van der Waals surface area contributed by atoms with Crippen molar-refractivity contribution in [2.75, 3.05) is 19.7 Å². The fourth-order valence-corrected chi connectivity index (χ4v) is 3.99. The summed E-state index contributed by atoms with van der Waals surface area (Å²) in [6, 6.07) is 0. The van der Waals surface area contributed by atoms with Crippen LogP contribution in [-0.4, -0.2) is 53.3 Å². The van der Waals surface area contributed by atoms with Crippen LogP contribution in [0.3, 0.4) is 0 Å². The second kappa shape index (κ2) is 16.6. The van der Waals surface area contributed by atoms with Crippen molar-refractivity contribution < 1.29 is 29.0 Å². The molecule has 1 unspecified atom stereocenters. The van der Waals surface area contributed by atoms with Gasteiger partial charge in [-0.15, -0.1) is 6.58 Å². The number of esters is 1. The monoisotopic (exact) mass is 483 g/mol. The third kappa shape index (κ3) is 12.4. The van der Waals surface area contributed by atoms with Crippen molar-refractivity contribution in [2.45, 2.75) is 111 Å². The van der Waals surface area contributed by atoms with E-state index >= 15 is 0 Å². The second-order valence-electron chi connectivity index (χ2n) is 10.1. The summed E-state index contributed by atoms with van der Waals surface area (Å²) in [7, 11) is 0. The number of nitrogens with zero attached hydrogens (tertiary/aromatic N) is 1. The van der Waals surface area contributed by atoms with Gasteiger partial charge in [0.05, 0.1) is 17.9 Å². The molecule has 0 bridgehead atoms. The number of likely N-dealkylation sites (tertiary alicyclic amines) is 1. The van der Waals surface area contributed by atoms with Gasteiger partial charge in [0.1, 0.15) is 5.60 Å². The number of ether oxygens (including phenoxy) is 2. The first-order valence-corrected chi connectivity index (χ1v) is 12.9. The van der Waals surface area contributed by atoms with Crippen LogP contribution in [0.1, 0.15) is 106 Å². The third-order valence-corrected chi connectivity index (χ3v) is 6.11. The molecule has 0 aromatic carbocycles. The van der Waals surface area contributed by atoms with Gasteiger partial charge in [0.25, 0.3) is 0 Å². The number of rotatable bonds is 12. The molecule has 34 heavy (non-hydrogen) atoms. The summed E-state index contributed by atoms with van der Waals surface area (Å²) in [4.78, 5) is 36.6. The lowest BCUT2D eigenvalue weighted by Gasteiger charge is -2.39. The van der Waals surface area contributed by atoms with E-state index in [0.717, 1.165) is 19.3 Å². The first kappa shape index (κ1) is 31.9. The molecule has 0 aromatic rings. The van der Waals surface area contributed by atoms with E-state index in [1.165, 1.54) is 25.7 Å². The number of hydrogen-bond acceptors (Lipinski definition) is 5. The van der Waals surface area contributed by atoms with E-state index in [1.807, 2.05) is 27.7 Å². The first-order valence-electron chi connectivity index (χ1n) is 12.9. The number of carboxylic acid groups (broad SMARTS) is 1. The van der Waals surface area contributed by atoms with Gasteiger partial charge < -0.3 is 19.5 Å². The Balaban J connectivity index is 0.000000722. The van der Waals surface area contributed by atoms with Crippen LogP contribution in [-0.2, 0) is 19.1 Å². The Morgan fingerprint density at radius 3 is 2.09 bits per heavy atom. The minimum absolute atomic E-state index is 0.110. The molecule has 1 aliphatic heterocycles. The maximum absolute atomic E-state index is 12.2. The van der Waals surface area contributed by atoms with Crippen molar-refractivity contribution in [1.29, 1.82) is 0 Å². The Morgan fingerprint density at radius 2 is 1.65 bits per heavy atom. The lowest BCUT2D eigenvalue weighted by atomic mass is 9.75.